The minimum Gasteiger partial charge on any atom is -0.445 e. The third kappa shape index (κ3) is 7.25. The van der Waals surface area contributed by atoms with E-state index in [4.69, 9.17) is 8.92 Å². The predicted octanol–water partition coefficient (Wildman–Crippen LogP) is 2.73. The maximum atomic E-state index is 13.3. The van der Waals surface area contributed by atoms with Crippen LogP contribution in [0.25, 0.3) is 0 Å². The van der Waals surface area contributed by atoms with Gasteiger partial charge in [-0.25, -0.2) is 13.6 Å². The average molecular weight is 391 g/mol. The van der Waals surface area contributed by atoms with Gasteiger partial charge in [0.15, 0.2) is 0 Å². The van der Waals surface area contributed by atoms with Crippen LogP contribution in [0.15, 0.2) is 30.3 Å². The minimum absolute atomic E-state index is 0.0390. The molecule has 1 aromatic rings. The molecule has 0 saturated heterocycles. The molecule has 1 aliphatic rings. The highest BCUT2D eigenvalue weighted by molar-refractivity contribution is 7.85. The molecular weight excluding hydrogens is 368 g/mol. The second-order valence-electron chi connectivity index (χ2n) is 6.50. The van der Waals surface area contributed by atoms with Gasteiger partial charge in [-0.1, -0.05) is 30.3 Å². The number of hydrogen-bond acceptors (Lipinski definition) is 5. The number of carbonyl (C=O) groups excluding carboxylic acids is 1. The van der Waals surface area contributed by atoms with E-state index in [9.17, 15) is 22.0 Å². The molecule has 0 radical (unpaired) electrons. The van der Waals surface area contributed by atoms with Crippen LogP contribution in [-0.2, 0) is 25.6 Å². The Morgan fingerprint density at radius 2 is 1.85 bits per heavy atom. The van der Waals surface area contributed by atoms with Gasteiger partial charge in [0.05, 0.1) is 18.9 Å². The molecule has 1 aliphatic carbocycles. The number of rotatable bonds is 8. The molecule has 9 heteroatoms. The van der Waals surface area contributed by atoms with Crippen molar-refractivity contribution in [1.29, 1.82) is 0 Å². The molecule has 0 bridgehead atoms. The number of ether oxygens (including phenoxy) is 1. The summed E-state index contributed by atoms with van der Waals surface area (Å²) in [4.78, 5) is 12.0. The number of alkyl carbamates (subject to hydrolysis) is 1. The quantitative estimate of drug-likeness (QED) is 0.689. The molecule has 1 N–H and O–H groups in total. The maximum absolute atomic E-state index is 13.3. The normalized spacial score (nSPS) is 24.2. The summed E-state index contributed by atoms with van der Waals surface area (Å²) >= 11 is 0. The lowest BCUT2D eigenvalue weighted by Gasteiger charge is -2.21. The Hall–Kier alpha value is -1.74. The highest BCUT2D eigenvalue weighted by atomic mass is 32.2. The fourth-order valence-corrected chi connectivity index (χ4v) is 3.34. The van der Waals surface area contributed by atoms with Crippen LogP contribution in [0.5, 0.6) is 0 Å². The van der Waals surface area contributed by atoms with Gasteiger partial charge in [-0.05, 0) is 30.7 Å². The van der Waals surface area contributed by atoms with Gasteiger partial charge in [0.2, 0.25) is 0 Å². The van der Waals surface area contributed by atoms with Gasteiger partial charge < -0.3 is 10.1 Å². The summed E-state index contributed by atoms with van der Waals surface area (Å²) in [6.07, 6.45) is -2.63. The van der Waals surface area contributed by atoms with E-state index in [1.165, 1.54) is 0 Å². The minimum atomic E-state index is -3.71. The lowest BCUT2D eigenvalue weighted by Crippen LogP contribution is -2.40. The number of carbonyl (C=O) groups is 1. The molecule has 1 saturated carbocycles. The van der Waals surface area contributed by atoms with Crippen molar-refractivity contribution in [1.82, 2.24) is 5.32 Å². The van der Waals surface area contributed by atoms with Crippen molar-refractivity contribution in [2.45, 2.75) is 44.3 Å². The van der Waals surface area contributed by atoms with Gasteiger partial charge in [-0.3, -0.25) is 4.18 Å². The summed E-state index contributed by atoms with van der Waals surface area (Å²) in [5.74, 6) is -0.303. The van der Waals surface area contributed by atoms with Crippen molar-refractivity contribution in [3.8, 4) is 0 Å². The standard InChI is InChI=1S/C17H23F2NO5S/c1-26(22,23)25-11-14(7-13-8-15(18)16(19)9-13)20-17(21)24-10-12-5-3-2-4-6-12/h2-6,13-16H,7-11H2,1H3,(H,20,21). The van der Waals surface area contributed by atoms with Crippen molar-refractivity contribution in [3.63, 3.8) is 0 Å². The first-order chi connectivity index (χ1) is 12.2. The Labute approximate surface area is 152 Å². The van der Waals surface area contributed by atoms with Crippen LogP contribution in [0, 0.1) is 5.92 Å². The smallest absolute Gasteiger partial charge is 0.407 e. The van der Waals surface area contributed by atoms with Crippen LogP contribution in [0.3, 0.4) is 0 Å². The second-order valence-corrected chi connectivity index (χ2v) is 8.14. The SMILES string of the molecule is CS(=O)(=O)OCC(CC1CC(F)C(F)C1)NC(=O)OCc1ccccc1. The number of nitrogens with one attached hydrogen (secondary N) is 1. The van der Waals surface area contributed by atoms with Crippen molar-refractivity contribution >= 4 is 16.2 Å². The van der Waals surface area contributed by atoms with E-state index in [1.54, 1.807) is 24.3 Å². The molecule has 0 spiro atoms. The van der Waals surface area contributed by atoms with Gasteiger partial charge in [0.1, 0.15) is 19.0 Å². The first kappa shape index (κ1) is 20.6. The molecule has 2 rings (SSSR count). The predicted molar refractivity (Wildman–Crippen MR) is 91.5 cm³/mol. The third-order valence-electron chi connectivity index (χ3n) is 4.15. The van der Waals surface area contributed by atoms with Crippen LogP contribution in [-0.4, -0.2) is 45.8 Å². The van der Waals surface area contributed by atoms with E-state index < -0.39 is 34.6 Å². The van der Waals surface area contributed by atoms with E-state index in [-0.39, 0.29) is 38.4 Å². The molecule has 0 heterocycles. The van der Waals surface area contributed by atoms with Gasteiger partial charge in [-0.15, -0.1) is 0 Å². The molecule has 3 unspecified atom stereocenters. The van der Waals surface area contributed by atoms with Crippen LogP contribution >= 0.6 is 0 Å². The summed E-state index contributed by atoms with van der Waals surface area (Å²) in [6.45, 7) is -0.265. The zero-order valence-electron chi connectivity index (χ0n) is 14.4. The molecule has 0 aromatic heterocycles. The Bertz CT molecular complexity index is 676. The highest BCUT2D eigenvalue weighted by Crippen LogP contribution is 2.33. The van der Waals surface area contributed by atoms with Crippen LogP contribution in [0.1, 0.15) is 24.8 Å². The van der Waals surface area contributed by atoms with Gasteiger partial charge >= 0.3 is 6.09 Å². The molecule has 6 nitrogen and oxygen atoms in total. The number of amides is 1. The Morgan fingerprint density at radius 3 is 2.42 bits per heavy atom. The van der Waals surface area contributed by atoms with Crippen molar-refractivity contribution in [3.05, 3.63) is 35.9 Å². The molecule has 1 amide bonds. The van der Waals surface area contributed by atoms with E-state index in [2.05, 4.69) is 5.32 Å². The topological polar surface area (TPSA) is 81.7 Å². The molecule has 3 atom stereocenters. The fourth-order valence-electron chi connectivity index (χ4n) is 2.93. The van der Waals surface area contributed by atoms with Crippen molar-refractivity contribution < 1.29 is 30.9 Å². The summed E-state index contributed by atoms with van der Waals surface area (Å²) in [7, 11) is -3.71. The lowest BCUT2D eigenvalue weighted by atomic mass is 9.99. The summed E-state index contributed by atoms with van der Waals surface area (Å²) in [5.41, 5.74) is 0.794. The van der Waals surface area contributed by atoms with Crippen molar-refractivity contribution in [2.75, 3.05) is 12.9 Å². The zero-order chi connectivity index (χ0) is 19.2. The van der Waals surface area contributed by atoms with E-state index in [1.807, 2.05) is 6.07 Å². The number of hydrogen-bond donors (Lipinski definition) is 1. The van der Waals surface area contributed by atoms with E-state index in [0.29, 0.717) is 0 Å². The molecule has 146 valence electrons. The Kier molecular flexibility index (Phi) is 7.33. The van der Waals surface area contributed by atoms with Crippen LogP contribution in [0.4, 0.5) is 13.6 Å². The van der Waals surface area contributed by atoms with E-state index in [0.717, 1.165) is 11.8 Å². The summed E-state index contributed by atoms with van der Waals surface area (Å²) in [6, 6.07) is 8.30. The van der Waals surface area contributed by atoms with Crippen molar-refractivity contribution in [2.24, 2.45) is 5.92 Å². The Morgan fingerprint density at radius 1 is 1.23 bits per heavy atom. The number of alkyl halides is 2. The molecule has 0 aliphatic heterocycles. The summed E-state index contributed by atoms with van der Waals surface area (Å²) in [5, 5.41) is 2.52. The Balaban J connectivity index is 1.88. The number of halogens is 2. The first-order valence-corrected chi connectivity index (χ1v) is 10.1. The molecular formula is C17H23F2NO5S. The lowest BCUT2D eigenvalue weighted by molar-refractivity contribution is 0.128. The zero-order valence-corrected chi connectivity index (χ0v) is 15.3. The third-order valence-corrected chi connectivity index (χ3v) is 4.71. The molecule has 26 heavy (non-hydrogen) atoms. The summed E-state index contributed by atoms with van der Waals surface area (Å²) < 4.78 is 58.9. The number of benzene rings is 1. The maximum Gasteiger partial charge on any atom is 0.407 e. The second kappa shape index (κ2) is 9.27. The average Bonchev–Trinajstić information content (AvgIpc) is 2.89. The van der Waals surface area contributed by atoms with Crippen LogP contribution < -0.4 is 5.32 Å². The van der Waals surface area contributed by atoms with Gasteiger partial charge in [0, 0.05) is 0 Å². The highest BCUT2D eigenvalue weighted by Gasteiger charge is 2.36. The fraction of sp³-hybridized carbons (Fsp3) is 0.588. The molecule has 1 aromatic carbocycles. The largest absolute Gasteiger partial charge is 0.445 e. The van der Waals surface area contributed by atoms with E-state index >= 15 is 0 Å². The van der Waals surface area contributed by atoms with Crippen LogP contribution in [0.2, 0.25) is 0 Å². The van der Waals surface area contributed by atoms with Gasteiger partial charge in [-0.2, -0.15) is 8.42 Å². The monoisotopic (exact) mass is 391 g/mol. The van der Waals surface area contributed by atoms with Gasteiger partial charge in [0.25, 0.3) is 10.1 Å². The first-order valence-electron chi connectivity index (χ1n) is 8.32. The molecule has 1 fully saturated rings.